The van der Waals surface area contributed by atoms with Gasteiger partial charge in [-0.25, -0.2) is 0 Å². The lowest BCUT2D eigenvalue weighted by Crippen LogP contribution is -1.80. The van der Waals surface area contributed by atoms with Crippen LogP contribution in [0.2, 0.25) is 0 Å². The van der Waals surface area contributed by atoms with Crippen molar-refractivity contribution in [2.45, 2.75) is 15.5 Å². The fourth-order valence-corrected chi connectivity index (χ4v) is 3.74. The standard InChI is InChI=1S/C14H14S3/c1-15-17-14-9-5-6-12(10-14)11-16-13-7-3-2-4-8-13/h2-10H,11H2,1H3. The Labute approximate surface area is 115 Å². The summed E-state index contributed by atoms with van der Waals surface area (Å²) in [5.41, 5.74) is 1.39. The molecule has 0 unspecified atom stereocenters. The van der Waals surface area contributed by atoms with Crippen molar-refractivity contribution >= 4 is 33.3 Å². The molecule has 0 amide bonds. The fraction of sp³-hybridized carbons (Fsp3) is 0.143. The largest absolute Gasteiger partial charge is 0.121 e. The number of rotatable bonds is 5. The van der Waals surface area contributed by atoms with E-state index < -0.39 is 0 Å². The Bertz CT molecular complexity index is 454. The molecule has 0 aliphatic carbocycles. The highest BCUT2D eigenvalue weighted by atomic mass is 33.1. The summed E-state index contributed by atoms with van der Waals surface area (Å²) in [4.78, 5) is 2.67. The van der Waals surface area contributed by atoms with Gasteiger partial charge in [-0.15, -0.1) is 11.8 Å². The molecule has 2 aromatic rings. The number of hydrogen-bond acceptors (Lipinski definition) is 3. The molecule has 88 valence electrons. The lowest BCUT2D eigenvalue weighted by atomic mass is 10.2. The van der Waals surface area contributed by atoms with Crippen LogP contribution in [0.15, 0.2) is 64.4 Å². The zero-order chi connectivity index (χ0) is 11.9. The third kappa shape index (κ3) is 4.34. The van der Waals surface area contributed by atoms with Crippen LogP contribution < -0.4 is 0 Å². The summed E-state index contributed by atoms with van der Waals surface area (Å²) in [5, 5.41) is 0. The first-order chi connectivity index (χ1) is 8.38. The fourth-order valence-electron chi connectivity index (χ4n) is 1.47. The third-order valence-electron chi connectivity index (χ3n) is 2.23. The molecule has 0 atom stereocenters. The van der Waals surface area contributed by atoms with E-state index >= 15 is 0 Å². The molecule has 0 heterocycles. The van der Waals surface area contributed by atoms with Crippen LogP contribution in [0.5, 0.6) is 0 Å². The maximum atomic E-state index is 2.27. The molecule has 0 bridgehead atoms. The molecule has 0 radical (unpaired) electrons. The average molecular weight is 278 g/mol. The molecule has 2 aromatic carbocycles. The zero-order valence-corrected chi connectivity index (χ0v) is 12.1. The second kappa shape index (κ2) is 7.04. The van der Waals surface area contributed by atoms with Crippen LogP contribution in [0.1, 0.15) is 5.56 Å². The van der Waals surface area contributed by atoms with Crippen LogP contribution in [-0.2, 0) is 5.75 Å². The van der Waals surface area contributed by atoms with Gasteiger partial charge in [0.1, 0.15) is 0 Å². The van der Waals surface area contributed by atoms with Gasteiger partial charge in [-0.2, -0.15) is 0 Å². The van der Waals surface area contributed by atoms with Crippen LogP contribution in [0.4, 0.5) is 0 Å². The lowest BCUT2D eigenvalue weighted by Gasteiger charge is -2.04. The summed E-state index contributed by atoms with van der Waals surface area (Å²) in [6.45, 7) is 0. The molecule has 2 rings (SSSR count). The van der Waals surface area contributed by atoms with E-state index in [1.165, 1.54) is 15.4 Å². The van der Waals surface area contributed by atoms with Crippen molar-refractivity contribution in [3.63, 3.8) is 0 Å². The second-order valence-corrected chi connectivity index (χ2v) is 7.02. The van der Waals surface area contributed by atoms with E-state index in [0.717, 1.165) is 5.75 Å². The molecule has 0 aromatic heterocycles. The van der Waals surface area contributed by atoms with Crippen molar-refractivity contribution in [1.82, 2.24) is 0 Å². The minimum atomic E-state index is 1.03. The van der Waals surface area contributed by atoms with E-state index in [4.69, 9.17) is 0 Å². The zero-order valence-electron chi connectivity index (χ0n) is 9.63. The first-order valence-electron chi connectivity index (χ1n) is 5.36. The van der Waals surface area contributed by atoms with Gasteiger partial charge in [-0.3, -0.25) is 0 Å². The number of hydrogen-bond donors (Lipinski definition) is 0. The smallest absolute Gasteiger partial charge is 0.0232 e. The predicted octanol–water partition coefficient (Wildman–Crippen LogP) is 5.35. The Morgan fingerprint density at radius 2 is 1.65 bits per heavy atom. The monoisotopic (exact) mass is 278 g/mol. The number of thioether (sulfide) groups is 1. The summed E-state index contributed by atoms with van der Waals surface area (Å²) in [7, 11) is 3.61. The van der Waals surface area contributed by atoms with E-state index in [1.807, 2.05) is 22.6 Å². The molecule has 0 fully saturated rings. The maximum Gasteiger partial charge on any atom is 0.0232 e. The van der Waals surface area contributed by atoms with Crippen molar-refractivity contribution in [2.24, 2.45) is 0 Å². The Morgan fingerprint density at radius 1 is 0.882 bits per heavy atom. The van der Waals surface area contributed by atoms with Crippen LogP contribution in [0.25, 0.3) is 0 Å². The Balaban J connectivity index is 1.97. The highest BCUT2D eigenvalue weighted by Crippen LogP contribution is 2.30. The van der Waals surface area contributed by atoms with Gasteiger partial charge in [0.15, 0.2) is 0 Å². The summed E-state index contributed by atoms with van der Waals surface area (Å²) in [6, 6.07) is 19.3. The predicted molar refractivity (Wildman–Crippen MR) is 81.8 cm³/mol. The Morgan fingerprint density at radius 3 is 2.41 bits per heavy atom. The molecule has 0 aliphatic heterocycles. The minimum absolute atomic E-state index is 1.03. The highest BCUT2D eigenvalue weighted by molar-refractivity contribution is 8.76. The van der Waals surface area contributed by atoms with Crippen molar-refractivity contribution in [3.8, 4) is 0 Å². The van der Waals surface area contributed by atoms with Crippen LogP contribution >= 0.6 is 33.3 Å². The van der Waals surface area contributed by atoms with Crippen LogP contribution in [-0.4, -0.2) is 6.26 Å². The molecule has 0 saturated carbocycles. The van der Waals surface area contributed by atoms with Gasteiger partial charge in [0.25, 0.3) is 0 Å². The van der Waals surface area contributed by atoms with E-state index in [2.05, 4.69) is 60.9 Å². The van der Waals surface area contributed by atoms with Crippen molar-refractivity contribution < 1.29 is 0 Å². The SMILES string of the molecule is CSSc1cccc(CSc2ccccc2)c1. The molecular formula is C14H14S3. The molecule has 3 heteroatoms. The lowest BCUT2D eigenvalue weighted by molar-refractivity contribution is 1.32. The average Bonchev–Trinajstić information content (AvgIpc) is 2.39. The summed E-state index contributed by atoms with van der Waals surface area (Å²) in [5.74, 6) is 1.03. The maximum absolute atomic E-state index is 2.27. The van der Waals surface area contributed by atoms with Gasteiger partial charge in [0.05, 0.1) is 0 Å². The normalized spacial score (nSPS) is 10.4. The summed E-state index contributed by atoms with van der Waals surface area (Å²) in [6.07, 6.45) is 2.11. The Kier molecular flexibility index (Phi) is 5.36. The van der Waals surface area contributed by atoms with E-state index in [9.17, 15) is 0 Å². The van der Waals surface area contributed by atoms with E-state index in [0.29, 0.717) is 0 Å². The minimum Gasteiger partial charge on any atom is -0.121 e. The molecular weight excluding hydrogens is 264 g/mol. The first kappa shape index (κ1) is 12.9. The molecule has 0 N–H and O–H groups in total. The van der Waals surface area contributed by atoms with Gasteiger partial charge >= 0.3 is 0 Å². The topological polar surface area (TPSA) is 0 Å². The first-order valence-corrected chi connectivity index (χ1v) is 8.90. The second-order valence-electron chi connectivity index (χ2n) is 3.50. The van der Waals surface area contributed by atoms with Crippen LogP contribution in [0.3, 0.4) is 0 Å². The van der Waals surface area contributed by atoms with E-state index in [-0.39, 0.29) is 0 Å². The molecule has 0 aliphatic rings. The van der Waals surface area contributed by atoms with Gasteiger partial charge < -0.3 is 0 Å². The number of benzene rings is 2. The summed E-state index contributed by atoms with van der Waals surface area (Å²) < 4.78 is 0. The quantitative estimate of drug-likeness (QED) is 0.534. The molecule has 0 nitrogen and oxygen atoms in total. The van der Waals surface area contributed by atoms with Gasteiger partial charge in [0, 0.05) is 15.5 Å². The van der Waals surface area contributed by atoms with Crippen molar-refractivity contribution in [3.05, 3.63) is 60.2 Å². The molecule has 0 saturated heterocycles. The molecule has 0 spiro atoms. The molecule has 17 heavy (non-hydrogen) atoms. The van der Waals surface area contributed by atoms with Gasteiger partial charge in [-0.05, 0) is 36.1 Å². The van der Waals surface area contributed by atoms with Crippen molar-refractivity contribution in [1.29, 1.82) is 0 Å². The van der Waals surface area contributed by atoms with Gasteiger partial charge in [-0.1, -0.05) is 51.9 Å². The van der Waals surface area contributed by atoms with Crippen molar-refractivity contribution in [2.75, 3.05) is 6.26 Å². The summed E-state index contributed by atoms with van der Waals surface area (Å²) >= 11 is 1.88. The third-order valence-corrected chi connectivity index (χ3v) is 5.00. The highest BCUT2D eigenvalue weighted by Gasteiger charge is 1.98. The van der Waals surface area contributed by atoms with Gasteiger partial charge in [0.2, 0.25) is 0 Å². The van der Waals surface area contributed by atoms with Crippen LogP contribution in [0, 0.1) is 0 Å². The Hall–Kier alpha value is -0.510. The van der Waals surface area contributed by atoms with E-state index in [1.54, 1.807) is 10.8 Å².